The second-order valence-electron chi connectivity index (χ2n) is 17.8. The average Bonchev–Trinajstić information content (AvgIpc) is 3.89. The number of Topliss-reactive ketones (excluding diaryl/α,β-unsaturated/α-hetero) is 1. The lowest BCUT2D eigenvalue weighted by Crippen LogP contribution is -2.47. The number of fused-ring (bicyclic) bond motifs is 14. The van der Waals surface area contributed by atoms with E-state index in [4.69, 9.17) is 18.9 Å². The molecule has 2 aromatic rings. The van der Waals surface area contributed by atoms with E-state index >= 15 is 0 Å². The Labute approximate surface area is 368 Å². The molecule has 0 aromatic heterocycles. The van der Waals surface area contributed by atoms with E-state index in [9.17, 15) is 39.9 Å². The number of piperazine rings is 1. The summed E-state index contributed by atoms with van der Waals surface area (Å²) in [4.78, 5) is 43.2. The highest BCUT2D eigenvalue weighted by molar-refractivity contribution is 6.23. The number of carbonyl (C=O) groups excluding carboxylic acids is 3. The van der Waals surface area contributed by atoms with Gasteiger partial charge in [0.25, 0.3) is 11.7 Å². The van der Waals surface area contributed by atoms with Gasteiger partial charge in [0, 0.05) is 93.4 Å². The number of methoxy groups -OCH3 is 1. The first-order valence-electron chi connectivity index (χ1n) is 21.9. The molecule has 0 spiro atoms. The number of ether oxygens (including phenoxy) is 4. The minimum absolute atomic E-state index is 0.0631. The summed E-state index contributed by atoms with van der Waals surface area (Å²) in [5.74, 6) is -8.28. The molecule has 2 aromatic carbocycles. The molecule has 1 saturated heterocycles. The lowest BCUT2D eigenvalue weighted by atomic mass is 9.78. The van der Waals surface area contributed by atoms with Gasteiger partial charge in [-0.1, -0.05) is 58.8 Å². The molecule has 0 unspecified atom stereocenters. The first kappa shape index (κ1) is 47.3. The number of amides is 1. The molecule has 1 saturated carbocycles. The number of hydrogen-bond acceptors (Lipinski definition) is 15. The number of esters is 1. The number of allylic oxidation sites excluding steroid dienone is 2. The second kappa shape index (κ2) is 19.3. The third-order valence-electron chi connectivity index (χ3n) is 13.5. The van der Waals surface area contributed by atoms with Gasteiger partial charge in [-0.25, -0.2) is 0 Å². The minimum Gasteiger partial charge on any atom is -0.507 e. The Hall–Kier alpha value is -5.16. The summed E-state index contributed by atoms with van der Waals surface area (Å²) in [6.45, 7) is 15.4. The third kappa shape index (κ3) is 9.40. The molecule has 4 aliphatic heterocycles. The molecule has 6 N–H and O–H groups in total. The van der Waals surface area contributed by atoms with E-state index in [0.29, 0.717) is 19.1 Å². The number of aliphatic hydroxyl groups is 2. The summed E-state index contributed by atoms with van der Waals surface area (Å²) in [5, 5.41) is 67.6. The smallest absolute Gasteiger partial charge is 0.312 e. The normalized spacial score (nSPS) is 32.4. The molecule has 2 fully saturated rings. The zero-order valence-corrected chi connectivity index (χ0v) is 37.8. The second-order valence-corrected chi connectivity index (χ2v) is 17.8. The van der Waals surface area contributed by atoms with Crippen molar-refractivity contribution in [3.63, 3.8) is 0 Å². The van der Waals surface area contributed by atoms with E-state index in [2.05, 4.69) is 15.3 Å². The van der Waals surface area contributed by atoms with Crippen LogP contribution in [0, 0.1) is 30.6 Å². The molecule has 9 atom stereocenters. The van der Waals surface area contributed by atoms with Gasteiger partial charge in [0.2, 0.25) is 0 Å². The molecular formula is C47H64N4O12. The van der Waals surface area contributed by atoms with Gasteiger partial charge >= 0.3 is 11.8 Å². The fourth-order valence-corrected chi connectivity index (χ4v) is 9.47. The molecule has 4 heterocycles. The van der Waals surface area contributed by atoms with Crippen LogP contribution in [-0.2, 0) is 23.8 Å². The molecular weight excluding hydrogens is 813 g/mol. The molecule has 1 amide bonds. The van der Waals surface area contributed by atoms with E-state index in [0.717, 1.165) is 13.1 Å². The number of aromatic hydroxyl groups is 3. The number of phenolic OH excluding ortho intramolecular Hbond substituents is 3. The zero-order chi connectivity index (χ0) is 46.1. The maximum absolute atomic E-state index is 14.5. The Morgan fingerprint density at radius 2 is 1.59 bits per heavy atom. The van der Waals surface area contributed by atoms with Crippen molar-refractivity contribution >= 4 is 40.3 Å². The monoisotopic (exact) mass is 876 g/mol. The number of ketones is 1. The maximum atomic E-state index is 14.5. The van der Waals surface area contributed by atoms with E-state index in [1.807, 2.05) is 5.01 Å². The predicted octanol–water partition coefficient (Wildman–Crippen LogP) is 5.65. The summed E-state index contributed by atoms with van der Waals surface area (Å²) < 4.78 is 23.7. The molecule has 16 heteroatoms. The highest BCUT2D eigenvalue weighted by Crippen LogP contribution is 2.55. The van der Waals surface area contributed by atoms with Gasteiger partial charge in [0.1, 0.15) is 23.4 Å². The standard InChI is InChI=1S/C47H64N4O12/c1-24-13-12-14-25(2)46(59)49-37-32(23-48-51-20-18-50(19-21-51)31-15-10-11-16-31)41(56)34-35(42(37)57)40(55)29(6)44-36(34)45(58)47(8,63-44)61-22-17-33(60-9)26(3)43(62-30(7)52)28(5)39(54)27(4)38(24)53/h12-14,17,22-24,26-28,31,33,38-39,43,53-57H,10-11,15-16,18-21H2,1-9H3,(H,49,59)/b13-12+,22-17+,25-14-,48-23-/t24-,26+,27-,28-,33+,38-,39-,43-,47+/m1/s1. The summed E-state index contributed by atoms with van der Waals surface area (Å²) in [6, 6.07) is 0.553. The van der Waals surface area contributed by atoms with Gasteiger partial charge in [-0.3, -0.25) is 24.3 Å². The van der Waals surface area contributed by atoms with Crippen LogP contribution < -0.4 is 10.1 Å². The molecule has 7 rings (SSSR count). The average molecular weight is 877 g/mol. The summed E-state index contributed by atoms with van der Waals surface area (Å²) in [7, 11) is 1.44. The van der Waals surface area contributed by atoms with Crippen molar-refractivity contribution in [3.8, 4) is 23.0 Å². The van der Waals surface area contributed by atoms with Gasteiger partial charge in [-0.15, -0.1) is 0 Å². The van der Waals surface area contributed by atoms with Gasteiger partial charge in [0.15, 0.2) is 5.75 Å². The number of hydrazone groups is 1. The van der Waals surface area contributed by atoms with Crippen LogP contribution >= 0.6 is 0 Å². The molecule has 0 radical (unpaired) electrons. The maximum Gasteiger partial charge on any atom is 0.312 e. The topological polar surface area (TPSA) is 220 Å². The molecule has 63 heavy (non-hydrogen) atoms. The first-order chi connectivity index (χ1) is 29.8. The van der Waals surface area contributed by atoms with Crippen LogP contribution in [0.15, 0.2) is 41.2 Å². The summed E-state index contributed by atoms with van der Waals surface area (Å²) in [5.41, 5.74) is -0.293. The van der Waals surface area contributed by atoms with Gasteiger partial charge in [-0.05, 0) is 32.8 Å². The predicted molar refractivity (Wildman–Crippen MR) is 237 cm³/mol. The van der Waals surface area contributed by atoms with E-state index in [-0.39, 0.29) is 44.5 Å². The van der Waals surface area contributed by atoms with Crippen LogP contribution in [0.2, 0.25) is 0 Å². The zero-order valence-electron chi connectivity index (χ0n) is 37.8. The van der Waals surface area contributed by atoms with Crippen LogP contribution in [-0.4, -0.2) is 129 Å². The lowest BCUT2D eigenvalue weighted by Gasteiger charge is -2.38. The van der Waals surface area contributed by atoms with Crippen molar-refractivity contribution in [1.82, 2.24) is 9.91 Å². The summed E-state index contributed by atoms with van der Waals surface area (Å²) in [6.07, 6.45) is 9.75. The number of nitrogens with zero attached hydrogens (tertiary/aromatic N) is 3. The molecule has 344 valence electrons. The number of carbonyl (C=O) groups is 3. The van der Waals surface area contributed by atoms with Crippen LogP contribution in [0.4, 0.5) is 5.69 Å². The van der Waals surface area contributed by atoms with Crippen LogP contribution in [0.5, 0.6) is 23.0 Å². The quantitative estimate of drug-likeness (QED) is 0.0926. The Kier molecular flexibility index (Phi) is 14.5. The fraction of sp³-hybridized carbons (Fsp3) is 0.574. The van der Waals surface area contributed by atoms with Crippen molar-refractivity contribution in [2.45, 2.75) is 117 Å². The van der Waals surface area contributed by atoms with Crippen LogP contribution in [0.25, 0.3) is 10.8 Å². The molecule has 1 aliphatic carbocycles. The molecule has 16 nitrogen and oxygen atoms in total. The van der Waals surface area contributed by atoms with Gasteiger partial charge < -0.3 is 49.8 Å². The third-order valence-corrected chi connectivity index (χ3v) is 13.5. The first-order valence-corrected chi connectivity index (χ1v) is 21.9. The number of rotatable bonds is 5. The van der Waals surface area contributed by atoms with Crippen molar-refractivity contribution in [1.29, 1.82) is 0 Å². The highest BCUT2D eigenvalue weighted by atomic mass is 16.7. The van der Waals surface area contributed by atoms with Crippen LogP contribution in [0.1, 0.15) is 95.6 Å². The number of phenols is 3. The van der Waals surface area contributed by atoms with Gasteiger partial charge in [-0.2, -0.15) is 5.10 Å². The Bertz CT molecular complexity index is 2190. The van der Waals surface area contributed by atoms with Crippen molar-refractivity contribution < 1.29 is 58.9 Å². The van der Waals surface area contributed by atoms with Crippen LogP contribution in [0.3, 0.4) is 0 Å². The summed E-state index contributed by atoms with van der Waals surface area (Å²) >= 11 is 0. The molecule has 5 bridgehead atoms. The van der Waals surface area contributed by atoms with Crippen molar-refractivity contribution in [2.75, 3.05) is 38.6 Å². The molecule has 5 aliphatic rings. The Morgan fingerprint density at radius 1 is 0.921 bits per heavy atom. The fourth-order valence-electron chi connectivity index (χ4n) is 9.47. The van der Waals surface area contributed by atoms with Crippen molar-refractivity contribution in [2.24, 2.45) is 28.8 Å². The van der Waals surface area contributed by atoms with Crippen molar-refractivity contribution in [3.05, 3.63) is 52.8 Å². The highest BCUT2D eigenvalue weighted by Gasteiger charge is 2.50. The van der Waals surface area contributed by atoms with E-state index < -0.39 is 88.8 Å². The number of hydrogen-bond donors (Lipinski definition) is 6. The Balaban J connectivity index is 1.47. The SMILES string of the molecule is CO[C@H]1/C=C/O[C@@]2(C)Oc3c(C)c(O)c4c(O)c(c(/C=N\N5CCN(C6CCCC6)CC5)c(O)c4c3C2=O)NC(=O)/C(C)=C\C=C\[C@@H](C)[C@@H](O)[C@@H](C)[C@@H](O)[C@@H](C)[C@H](OC(C)=O)[C@H]1C. The van der Waals surface area contributed by atoms with Gasteiger partial charge in [0.05, 0.1) is 53.0 Å². The number of aliphatic hydroxyl groups excluding tert-OH is 2. The lowest BCUT2D eigenvalue weighted by molar-refractivity contribution is -0.160. The number of benzene rings is 2. The van der Waals surface area contributed by atoms with E-state index in [1.54, 1.807) is 39.8 Å². The minimum atomic E-state index is -2.04. The number of nitrogens with one attached hydrogen (secondary N) is 1. The van der Waals surface area contributed by atoms with E-state index in [1.165, 1.54) is 85.1 Å². The largest absolute Gasteiger partial charge is 0.507 e. The number of anilines is 1. The Morgan fingerprint density at radius 3 is 2.22 bits per heavy atom.